The van der Waals surface area contributed by atoms with E-state index in [9.17, 15) is 53.7 Å². The molecule has 5 rings (SSSR count). The Morgan fingerprint density at radius 1 is 0.635 bits per heavy atom. The number of amides is 6. The van der Waals surface area contributed by atoms with Crippen molar-refractivity contribution in [3.63, 3.8) is 0 Å². The smallest absolute Gasteiger partial charge is 0.409 e. The number of hydrogen-bond donors (Lipinski definition) is 5. The Bertz CT molecular complexity index is 1950. The second-order valence-electron chi connectivity index (χ2n) is 22.1. The second-order valence-corrected chi connectivity index (χ2v) is 23.2. The van der Waals surface area contributed by atoms with E-state index >= 15 is 0 Å². The second kappa shape index (κ2) is 38.5. The highest BCUT2D eigenvalue weighted by Gasteiger charge is 2.38. The zero-order valence-electron chi connectivity index (χ0n) is 50.2. The van der Waals surface area contributed by atoms with Gasteiger partial charge in [-0.2, -0.15) is 11.8 Å². The van der Waals surface area contributed by atoms with Crippen LogP contribution >= 0.6 is 11.8 Å². The lowest BCUT2D eigenvalue weighted by Crippen LogP contribution is -2.51. The number of likely N-dealkylation sites (tertiary alicyclic amines) is 2. The highest BCUT2D eigenvalue weighted by molar-refractivity contribution is 7.99. The largest absolute Gasteiger partial charge is 0.469 e. The molecule has 486 valence electrons. The molecule has 5 fully saturated rings. The lowest BCUT2D eigenvalue weighted by atomic mass is 9.92. The first-order chi connectivity index (χ1) is 40.9. The third-order valence-electron chi connectivity index (χ3n) is 15.1. The summed E-state index contributed by atoms with van der Waals surface area (Å²) in [4.78, 5) is 112. The van der Waals surface area contributed by atoms with E-state index in [2.05, 4.69) is 20.4 Å². The number of aliphatic hydroxyl groups is 3. The minimum absolute atomic E-state index is 0.0146. The van der Waals surface area contributed by atoms with Crippen LogP contribution in [-0.2, 0) is 71.4 Å². The van der Waals surface area contributed by atoms with Gasteiger partial charge in [0.15, 0.2) is 0 Å². The molecule has 5 N–H and O–H groups in total. The van der Waals surface area contributed by atoms with Crippen LogP contribution in [0, 0.1) is 17.3 Å². The molecular weight excluding hydrogens is 1140 g/mol. The van der Waals surface area contributed by atoms with Gasteiger partial charge in [0.05, 0.1) is 122 Å². The van der Waals surface area contributed by atoms with Crippen LogP contribution in [0.5, 0.6) is 0 Å². The lowest BCUT2D eigenvalue weighted by Gasteiger charge is -2.36. The summed E-state index contributed by atoms with van der Waals surface area (Å²) in [6.07, 6.45) is -3.11. The Morgan fingerprint density at radius 3 is 1.47 bits per heavy atom. The van der Waals surface area contributed by atoms with Crippen LogP contribution in [0.4, 0.5) is 9.59 Å². The number of esters is 2. The predicted octanol–water partition coefficient (Wildman–Crippen LogP) is -2.84. The third kappa shape index (κ3) is 26.6. The highest BCUT2D eigenvalue weighted by atomic mass is 32.2. The van der Waals surface area contributed by atoms with Crippen LogP contribution in [0.2, 0.25) is 0 Å². The summed E-state index contributed by atoms with van der Waals surface area (Å²) < 4.78 is 50.1. The standard InChI is InChI=1S/C55H95N9O20S/c1-5-82-53(74)61-19-15-59(16-20-61)29-43(65)31-78-37-55(40-81-34-46-35-84-46,38-79-32-44(66)30-60-17-21-62(22-18-60)54(75)83-6-2)39-80-33-45(67)36-85-24-23-58(11-7-47(68)56-9-13-63-27-41(25-49(63)70)51(72)76-3)12-8-48(69)57-10-14-64-28-42(26-50(64)71)52(73)77-4/h41-46,65-67H,5-40H2,1-4H3,(H,56,68)(H,57,69). The number of nitrogens with one attached hydrogen (secondary N) is 2. The lowest BCUT2D eigenvalue weighted by molar-refractivity contribution is -0.145. The number of ether oxygens (including phenoxy) is 9. The minimum atomic E-state index is -0.963. The molecule has 5 aliphatic heterocycles. The molecule has 0 bridgehead atoms. The van der Waals surface area contributed by atoms with Gasteiger partial charge in [-0.25, -0.2) is 9.59 Å². The topological polar surface area (TPSA) is 330 Å². The Labute approximate surface area is 503 Å². The fraction of sp³-hybridized carbons (Fsp3) is 0.855. The van der Waals surface area contributed by atoms with Crippen molar-refractivity contribution in [2.75, 3.05) is 223 Å². The summed E-state index contributed by atoms with van der Waals surface area (Å²) in [5.41, 5.74) is -0.963. The zero-order chi connectivity index (χ0) is 61.6. The van der Waals surface area contributed by atoms with E-state index < -0.39 is 47.5 Å². The van der Waals surface area contributed by atoms with Crippen LogP contribution in [-0.4, -0.2) is 345 Å². The first kappa shape index (κ1) is 71.0. The molecule has 0 aliphatic carbocycles. The molecule has 30 heteroatoms. The van der Waals surface area contributed by atoms with Crippen molar-refractivity contribution in [3.8, 4) is 0 Å². The molecule has 0 saturated carbocycles. The molecule has 29 nitrogen and oxygen atoms in total. The number of thioether (sulfide) groups is 1. The number of hydrogen-bond acceptors (Lipinski definition) is 24. The summed E-state index contributed by atoms with van der Waals surface area (Å²) in [6, 6.07) is 0. The highest BCUT2D eigenvalue weighted by Crippen LogP contribution is 2.24. The maximum Gasteiger partial charge on any atom is 0.409 e. The fourth-order valence-corrected chi connectivity index (χ4v) is 11.1. The first-order valence-electron chi connectivity index (χ1n) is 29.7. The van der Waals surface area contributed by atoms with Gasteiger partial charge in [-0.15, -0.1) is 0 Å². The van der Waals surface area contributed by atoms with Crippen molar-refractivity contribution >= 4 is 59.5 Å². The summed E-state index contributed by atoms with van der Waals surface area (Å²) in [7, 11) is 2.55. The van der Waals surface area contributed by atoms with Crippen molar-refractivity contribution in [1.29, 1.82) is 0 Å². The Hall–Kier alpha value is -4.73. The molecule has 5 saturated heterocycles. The average molecular weight is 1230 g/mol. The molecule has 0 aromatic rings. The molecule has 5 aliphatic rings. The molecule has 6 unspecified atom stereocenters. The number of nitrogens with zero attached hydrogens (tertiary/aromatic N) is 7. The number of aliphatic hydroxyl groups excluding tert-OH is 3. The van der Waals surface area contributed by atoms with Crippen LogP contribution < -0.4 is 10.6 Å². The normalized spacial score (nSPS) is 21.2. The predicted molar refractivity (Wildman–Crippen MR) is 306 cm³/mol. The van der Waals surface area contributed by atoms with Crippen molar-refractivity contribution in [2.24, 2.45) is 17.3 Å². The third-order valence-corrected chi connectivity index (χ3v) is 16.2. The SMILES string of the molecule is CCOC(=O)N1CCN(CC(O)COCC(COCC(O)CSCCN(CCC(=O)NCCN2CC(C(=O)OC)CC2=O)CCC(=O)NCCN2CC(C(=O)OC)CC2=O)(COCC(O)CN2CCN(C(=O)OCC)CC2)COCC2CO2)CC1. The van der Waals surface area contributed by atoms with Gasteiger partial charge < -0.3 is 93.1 Å². The maximum atomic E-state index is 13.0. The summed E-state index contributed by atoms with van der Waals surface area (Å²) in [5, 5.41) is 39.1. The van der Waals surface area contributed by atoms with Crippen LogP contribution in [0.25, 0.3) is 0 Å². The fourth-order valence-electron chi connectivity index (χ4n) is 10.2. The number of carbonyl (C=O) groups is 8. The van der Waals surface area contributed by atoms with E-state index in [1.807, 2.05) is 4.90 Å². The minimum Gasteiger partial charge on any atom is -0.469 e. The molecule has 6 atom stereocenters. The van der Waals surface area contributed by atoms with Gasteiger partial charge in [0.25, 0.3) is 0 Å². The molecule has 6 amide bonds. The monoisotopic (exact) mass is 1230 g/mol. The van der Waals surface area contributed by atoms with Gasteiger partial charge >= 0.3 is 24.1 Å². The molecule has 0 aromatic carbocycles. The number of methoxy groups -OCH3 is 2. The number of carbonyl (C=O) groups excluding carboxylic acids is 8. The van der Waals surface area contributed by atoms with E-state index in [0.717, 1.165) is 0 Å². The van der Waals surface area contributed by atoms with Gasteiger partial charge in [0.1, 0.15) is 6.10 Å². The van der Waals surface area contributed by atoms with E-state index in [-0.39, 0.29) is 172 Å². The number of rotatable bonds is 41. The molecule has 0 spiro atoms. The number of β-amino-alcohol motifs (C(OH)–C–C–N with tert-alkyl or cyclic N) is 2. The van der Waals surface area contributed by atoms with Gasteiger partial charge in [0.2, 0.25) is 23.6 Å². The quantitative estimate of drug-likeness (QED) is 0.0178. The van der Waals surface area contributed by atoms with Gasteiger partial charge in [0, 0.05) is 162 Å². The molecule has 5 heterocycles. The summed E-state index contributed by atoms with van der Waals surface area (Å²) in [5.74, 6) is -2.10. The van der Waals surface area contributed by atoms with E-state index in [1.54, 1.807) is 23.6 Å². The van der Waals surface area contributed by atoms with Crippen LogP contribution in [0.3, 0.4) is 0 Å². The number of epoxide rings is 1. The van der Waals surface area contributed by atoms with Crippen molar-refractivity contribution in [3.05, 3.63) is 0 Å². The first-order valence-corrected chi connectivity index (χ1v) is 30.9. The van der Waals surface area contributed by atoms with Gasteiger partial charge in [-0.1, -0.05) is 0 Å². The molecule has 85 heavy (non-hydrogen) atoms. The Kier molecular flexibility index (Phi) is 32.2. The molecule has 0 aromatic heterocycles. The summed E-state index contributed by atoms with van der Waals surface area (Å²) >= 11 is 1.46. The van der Waals surface area contributed by atoms with E-state index in [0.29, 0.717) is 104 Å². The Balaban J connectivity index is 1.12. The van der Waals surface area contributed by atoms with E-state index in [1.165, 1.54) is 35.8 Å². The Morgan fingerprint density at radius 2 is 1.06 bits per heavy atom. The maximum absolute atomic E-state index is 13.0. The molecular formula is C55H95N9O20S. The van der Waals surface area contributed by atoms with Crippen molar-refractivity contribution in [2.45, 2.75) is 63.9 Å². The van der Waals surface area contributed by atoms with Crippen molar-refractivity contribution < 1.29 is 96.3 Å². The number of piperazine rings is 2. The van der Waals surface area contributed by atoms with Gasteiger partial charge in [-0.3, -0.25) is 38.6 Å². The molecule has 0 radical (unpaired) electrons. The average Bonchev–Trinajstić information content (AvgIpc) is 4.40. The van der Waals surface area contributed by atoms with Crippen molar-refractivity contribution in [1.82, 2.24) is 44.9 Å². The summed E-state index contributed by atoms with van der Waals surface area (Å²) in [6.45, 7) is 12.1. The van der Waals surface area contributed by atoms with E-state index in [4.69, 9.17) is 42.6 Å². The van der Waals surface area contributed by atoms with Crippen LogP contribution in [0.15, 0.2) is 0 Å². The van der Waals surface area contributed by atoms with Gasteiger partial charge in [-0.05, 0) is 13.8 Å². The van der Waals surface area contributed by atoms with Crippen LogP contribution in [0.1, 0.15) is 39.5 Å². The zero-order valence-corrected chi connectivity index (χ0v) is 51.1.